The van der Waals surface area contributed by atoms with E-state index in [1.807, 2.05) is 0 Å². The van der Waals surface area contributed by atoms with E-state index >= 15 is 0 Å². The lowest BCUT2D eigenvalue weighted by Gasteiger charge is -2.34. The van der Waals surface area contributed by atoms with Crippen LogP contribution in [0.1, 0.15) is 17.3 Å². The fraction of sp³-hybridized carbons (Fsp3) is 0.462. The zero-order chi connectivity index (χ0) is 14.9. The maximum absolute atomic E-state index is 13.2. The van der Waals surface area contributed by atoms with Crippen molar-refractivity contribution in [1.82, 2.24) is 4.90 Å². The minimum absolute atomic E-state index is 0.0594. The molecule has 1 amide bonds. The summed E-state index contributed by atoms with van der Waals surface area (Å²) < 4.78 is 31.7. The van der Waals surface area contributed by atoms with Crippen molar-refractivity contribution in [2.75, 3.05) is 19.7 Å². The highest BCUT2D eigenvalue weighted by atomic mass is 35.5. The van der Waals surface area contributed by atoms with Crippen molar-refractivity contribution in [3.8, 4) is 0 Å². The predicted molar refractivity (Wildman–Crippen MR) is 70.7 cm³/mol. The molecule has 0 aliphatic carbocycles. The van der Waals surface area contributed by atoms with Crippen LogP contribution in [0, 0.1) is 11.6 Å². The first kappa shape index (κ1) is 15.2. The first-order chi connectivity index (χ1) is 9.40. The Morgan fingerprint density at radius 2 is 2.15 bits per heavy atom. The normalized spacial score (nSPS) is 20.9. The molecule has 0 bridgehead atoms. The van der Waals surface area contributed by atoms with Gasteiger partial charge in [0.25, 0.3) is 5.91 Å². The molecule has 1 aliphatic rings. The van der Waals surface area contributed by atoms with Gasteiger partial charge >= 0.3 is 0 Å². The van der Waals surface area contributed by atoms with Gasteiger partial charge < -0.3 is 15.4 Å². The number of ether oxygens (including phenoxy) is 1. The van der Waals surface area contributed by atoms with Crippen molar-refractivity contribution in [2.45, 2.75) is 19.1 Å². The van der Waals surface area contributed by atoms with E-state index in [0.717, 1.165) is 12.1 Å². The van der Waals surface area contributed by atoms with E-state index in [-0.39, 0.29) is 22.7 Å². The Labute approximate surface area is 120 Å². The molecule has 7 heteroatoms. The lowest BCUT2D eigenvalue weighted by Crippen LogP contribution is -2.51. The molecule has 2 N–H and O–H groups in total. The van der Waals surface area contributed by atoms with Crippen LogP contribution in [0.4, 0.5) is 8.78 Å². The smallest absolute Gasteiger partial charge is 0.255 e. The highest BCUT2D eigenvalue weighted by Gasteiger charge is 2.28. The third kappa shape index (κ3) is 3.08. The van der Waals surface area contributed by atoms with Gasteiger partial charge in [0, 0.05) is 19.1 Å². The summed E-state index contributed by atoms with van der Waals surface area (Å²) in [5.41, 5.74) is 5.68. The Bertz CT molecular complexity index is 525. The number of morpholine rings is 1. The summed E-state index contributed by atoms with van der Waals surface area (Å²) in [6.07, 6.45) is -0.281. The maximum Gasteiger partial charge on any atom is 0.255 e. The summed E-state index contributed by atoms with van der Waals surface area (Å²) in [7, 11) is 0. The summed E-state index contributed by atoms with van der Waals surface area (Å²) in [5.74, 6) is -2.64. The average Bonchev–Trinajstić information content (AvgIpc) is 2.42. The van der Waals surface area contributed by atoms with Gasteiger partial charge in [0.05, 0.1) is 23.3 Å². The molecule has 1 heterocycles. The molecule has 1 aliphatic heterocycles. The minimum Gasteiger partial charge on any atom is -0.373 e. The first-order valence-electron chi connectivity index (χ1n) is 6.21. The molecule has 0 radical (unpaired) electrons. The fourth-order valence-electron chi connectivity index (χ4n) is 2.03. The monoisotopic (exact) mass is 304 g/mol. The quantitative estimate of drug-likeness (QED) is 0.848. The number of carbonyl (C=O) groups is 1. The van der Waals surface area contributed by atoms with Crippen molar-refractivity contribution in [3.63, 3.8) is 0 Å². The molecule has 0 spiro atoms. The van der Waals surface area contributed by atoms with E-state index in [2.05, 4.69) is 0 Å². The number of rotatable bonds is 2. The van der Waals surface area contributed by atoms with E-state index in [0.29, 0.717) is 19.7 Å². The van der Waals surface area contributed by atoms with Crippen molar-refractivity contribution in [1.29, 1.82) is 0 Å². The molecule has 4 nitrogen and oxygen atoms in total. The average molecular weight is 305 g/mol. The predicted octanol–water partition coefficient (Wildman–Crippen LogP) is 1.81. The number of hydrogen-bond acceptors (Lipinski definition) is 3. The van der Waals surface area contributed by atoms with Gasteiger partial charge in [-0.25, -0.2) is 8.78 Å². The number of benzene rings is 1. The SMILES string of the molecule is C[C@@H](N)[C@H]1CN(C(=O)c2cc(F)c(F)cc2Cl)CCO1. The zero-order valence-corrected chi connectivity index (χ0v) is 11.7. The molecule has 0 unspecified atom stereocenters. The molecule has 2 atom stereocenters. The molecule has 1 fully saturated rings. The molecular formula is C13H15ClF2N2O2. The van der Waals surface area contributed by atoms with Crippen molar-refractivity contribution in [2.24, 2.45) is 5.73 Å². The van der Waals surface area contributed by atoms with Crippen molar-refractivity contribution >= 4 is 17.5 Å². The largest absolute Gasteiger partial charge is 0.373 e. The van der Waals surface area contributed by atoms with Crippen LogP contribution in [-0.4, -0.2) is 42.6 Å². The summed E-state index contributed by atoms with van der Waals surface area (Å²) >= 11 is 5.80. The lowest BCUT2D eigenvalue weighted by molar-refractivity contribution is -0.0300. The second-order valence-corrected chi connectivity index (χ2v) is 5.17. The number of halogens is 3. The van der Waals surface area contributed by atoms with Crippen LogP contribution in [0.15, 0.2) is 12.1 Å². The Hall–Kier alpha value is -1.24. The van der Waals surface area contributed by atoms with Gasteiger partial charge in [0.15, 0.2) is 11.6 Å². The van der Waals surface area contributed by atoms with Crippen LogP contribution >= 0.6 is 11.6 Å². The van der Waals surface area contributed by atoms with E-state index in [1.54, 1.807) is 6.92 Å². The van der Waals surface area contributed by atoms with E-state index < -0.39 is 17.5 Å². The van der Waals surface area contributed by atoms with Crippen LogP contribution in [-0.2, 0) is 4.74 Å². The van der Waals surface area contributed by atoms with Crippen LogP contribution < -0.4 is 5.73 Å². The lowest BCUT2D eigenvalue weighted by atomic mass is 10.1. The Morgan fingerprint density at radius 3 is 2.80 bits per heavy atom. The number of amides is 1. The minimum atomic E-state index is -1.10. The van der Waals surface area contributed by atoms with Crippen LogP contribution in [0.5, 0.6) is 0 Å². The molecule has 2 rings (SSSR count). The van der Waals surface area contributed by atoms with Gasteiger partial charge in [-0.3, -0.25) is 4.79 Å². The number of nitrogens with zero attached hydrogens (tertiary/aromatic N) is 1. The molecule has 20 heavy (non-hydrogen) atoms. The van der Waals surface area contributed by atoms with Gasteiger partial charge in [0.2, 0.25) is 0 Å². The van der Waals surface area contributed by atoms with Gasteiger partial charge in [-0.1, -0.05) is 11.6 Å². The summed E-state index contributed by atoms with van der Waals surface area (Å²) in [4.78, 5) is 13.8. The van der Waals surface area contributed by atoms with E-state index in [4.69, 9.17) is 22.1 Å². The highest BCUT2D eigenvalue weighted by Crippen LogP contribution is 2.22. The second kappa shape index (κ2) is 6.03. The molecule has 0 aromatic heterocycles. The molecule has 1 saturated heterocycles. The Balaban J connectivity index is 2.21. The summed E-state index contributed by atoms with van der Waals surface area (Å²) in [6, 6.07) is 1.38. The zero-order valence-electron chi connectivity index (χ0n) is 10.9. The van der Waals surface area contributed by atoms with Gasteiger partial charge in [-0.15, -0.1) is 0 Å². The summed E-state index contributed by atoms with van der Waals surface area (Å²) in [5, 5.41) is -0.113. The Morgan fingerprint density at radius 1 is 1.50 bits per heavy atom. The molecular weight excluding hydrogens is 290 g/mol. The second-order valence-electron chi connectivity index (χ2n) is 4.77. The Kier molecular flexibility index (Phi) is 4.57. The van der Waals surface area contributed by atoms with Crippen LogP contribution in [0.3, 0.4) is 0 Å². The van der Waals surface area contributed by atoms with Crippen LogP contribution in [0.2, 0.25) is 5.02 Å². The summed E-state index contributed by atoms with van der Waals surface area (Å²) in [6.45, 7) is 2.78. The van der Waals surface area contributed by atoms with Crippen molar-refractivity contribution in [3.05, 3.63) is 34.4 Å². The molecule has 1 aromatic carbocycles. The molecule has 110 valence electrons. The third-order valence-electron chi connectivity index (χ3n) is 3.21. The topological polar surface area (TPSA) is 55.6 Å². The highest BCUT2D eigenvalue weighted by molar-refractivity contribution is 6.33. The van der Waals surface area contributed by atoms with E-state index in [9.17, 15) is 13.6 Å². The van der Waals surface area contributed by atoms with Gasteiger partial charge in [-0.05, 0) is 19.1 Å². The number of hydrogen-bond donors (Lipinski definition) is 1. The number of nitrogens with two attached hydrogens (primary N) is 1. The van der Waals surface area contributed by atoms with Crippen LogP contribution in [0.25, 0.3) is 0 Å². The number of carbonyl (C=O) groups excluding carboxylic acids is 1. The van der Waals surface area contributed by atoms with Gasteiger partial charge in [0.1, 0.15) is 0 Å². The molecule has 1 aromatic rings. The maximum atomic E-state index is 13.2. The fourth-order valence-corrected chi connectivity index (χ4v) is 2.27. The van der Waals surface area contributed by atoms with Crippen molar-refractivity contribution < 1.29 is 18.3 Å². The standard InChI is InChI=1S/C13H15ClF2N2O2/c1-7(17)12-6-18(2-3-20-12)13(19)8-4-10(15)11(16)5-9(8)14/h4-5,7,12H,2-3,6,17H2,1H3/t7-,12-/m1/s1. The first-order valence-corrected chi connectivity index (χ1v) is 6.59. The third-order valence-corrected chi connectivity index (χ3v) is 3.52. The van der Waals surface area contributed by atoms with E-state index in [1.165, 1.54) is 4.90 Å². The molecule has 0 saturated carbocycles. The van der Waals surface area contributed by atoms with Gasteiger partial charge in [-0.2, -0.15) is 0 Å².